The van der Waals surface area contributed by atoms with E-state index in [0.717, 1.165) is 50.1 Å². The predicted octanol–water partition coefficient (Wildman–Crippen LogP) is 1.89. The van der Waals surface area contributed by atoms with E-state index >= 15 is 0 Å². The largest absolute Gasteiger partial charge is 0.573 e. The van der Waals surface area contributed by atoms with Crippen LogP contribution in [0.3, 0.4) is 0 Å². The summed E-state index contributed by atoms with van der Waals surface area (Å²) in [7, 11) is 0. The van der Waals surface area contributed by atoms with E-state index < -0.39 is 12.5 Å². The molecule has 9 heteroatoms. The second-order valence-corrected chi connectivity index (χ2v) is 8.40. The molecule has 0 aliphatic carbocycles. The Balaban J connectivity index is 1.44. The number of rotatable bonds is 5. The van der Waals surface area contributed by atoms with Crippen LogP contribution in [0.1, 0.15) is 24.0 Å². The van der Waals surface area contributed by atoms with Crippen LogP contribution in [0.15, 0.2) is 18.2 Å². The zero-order valence-corrected chi connectivity index (χ0v) is 16.2. The summed E-state index contributed by atoms with van der Waals surface area (Å²) >= 11 is 0. The highest BCUT2D eigenvalue weighted by Gasteiger charge is 2.40. The van der Waals surface area contributed by atoms with Gasteiger partial charge in [-0.3, -0.25) is 9.80 Å². The summed E-state index contributed by atoms with van der Waals surface area (Å²) in [6, 6.07) is 4.90. The number of ether oxygens (including phenoxy) is 1. The molecule has 3 aliphatic rings. The average Bonchev–Trinajstić information content (AvgIpc) is 3.29. The smallest absolute Gasteiger partial charge is 0.530 e. The predicted molar refractivity (Wildman–Crippen MR) is 96.9 cm³/mol. The van der Waals surface area contributed by atoms with Crippen LogP contribution in [0.25, 0.3) is 0 Å². The van der Waals surface area contributed by atoms with Crippen LogP contribution in [-0.2, 0) is 13.1 Å². The molecule has 3 saturated heterocycles. The zero-order chi connectivity index (χ0) is 20.6. The maximum Gasteiger partial charge on any atom is 0.573 e. The molecule has 2 unspecified atom stereocenters. The fourth-order valence-electron chi connectivity index (χ4n) is 4.93. The third kappa shape index (κ3) is 5.14. The number of alkyl halides is 3. The molecule has 0 radical (unpaired) electrons. The van der Waals surface area contributed by atoms with Gasteiger partial charge in [-0.2, -0.15) is 0 Å². The highest BCUT2D eigenvalue weighted by atomic mass is 19.4. The highest BCUT2D eigenvalue weighted by Crippen LogP contribution is 2.33. The van der Waals surface area contributed by atoms with E-state index in [1.54, 1.807) is 0 Å². The first-order valence-corrected chi connectivity index (χ1v) is 10.0. The van der Waals surface area contributed by atoms with Crippen LogP contribution in [-0.4, -0.2) is 66.4 Å². The molecule has 0 saturated carbocycles. The van der Waals surface area contributed by atoms with Crippen molar-refractivity contribution in [2.75, 3.05) is 39.3 Å². The molecule has 0 N–H and O–H groups in total. The number of hydrogen-bond donors (Lipinski definition) is 0. The van der Waals surface area contributed by atoms with E-state index in [9.17, 15) is 23.1 Å². The monoisotopic (exact) mass is 412 g/mol. The van der Waals surface area contributed by atoms with Crippen LogP contribution in [0, 0.1) is 11.8 Å². The number of carboxylic acid groups (broad SMARTS) is 1. The van der Waals surface area contributed by atoms with Gasteiger partial charge in [-0.25, -0.2) is 0 Å². The number of halogens is 3. The van der Waals surface area contributed by atoms with Gasteiger partial charge in [0, 0.05) is 39.3 Å². The lowest BCUT2D eigenvalue weighted by Crippen LogP contribution is -2.41. The second kappa shape index (κ2) is 8.02. The average molecular weight is 412 g/mol. The molecule has 0 bridgehead atoms. The molecule has 3 fully saturated rings. The van der Waals surface area contributed by atoms with Crippen LogP contribution in [0.4, 0.5) is 18.0 Å². The minimum Gasteiger partial charge on any atom is -0.530 e. The summed E-state index contributed by atoms with van der Waals surface area (Å²) in [6.07, 6.45) is -3.62. The number of amides is 1. The maximum atomic E-state index is 12.8. The number of fused-ring (bicyclic) bond motifs is 1. The van der Waals surface area contributed by atoms with Gasteiger partial charge >= 0.3 is 6.36 Å². The number of benzene rings is 1. The van der Waals surface area contributed by atoms with Gasteiger partial charge in [0.05, 0.1) is 0 Å². The molecule has 0 spiro atoms. The van der Waals surface area contributed by atoms with E-state index in [-0.39, 0.29) is 17.6 Å². The minimum atomic E-state index is -4.72. The van der Waals surface area contributed by atoms with Crippen LogP contribution in [0.2, 0.25) is 0 Å². The molecular weight excluding hydrogens is 387 g/mol. The molecule has 2 atom stereocenters. The van der Waals surface area contributed by atoms with Gasteiger partial charge in [-0.1, -0.05) is 6.07 Å². The molecule has 6 nitrogen and oxygen atoms in total. The van der Waals surface area contributed by atoms with Crippen molar-refractivity contribution in [3.8, 4) is 5.75 Å². The molecule has 3 heterocycles. The van der Waals surface area contributed by atoms with Crippen LogP contribution < -0.4 is 9.84 Å². The first-order chi connectivity index (χ1) is 13.7. The Bertz CT molecular complexity index is 738. The third-order valence-electron chi connectivity index (χ3n) is 6.09. The molecule has 160 valence electrons. The van der Waals surface area contributed by atoms with Gasteiger partial charge in [0.1, 0.15) is 11.8 Å². The molecule has 0 aromatic heterocycles. The number of likely N-dealkylation sites (tertiary alicyclic amines) is 3. The Morgan fingerprint density at radius 1 is 0.966 bits per heavy atom. The van der Waals surface area contributed by atoms with E-state index in [2.05, 4.69) is 14.5 Å². The van der Waals surface area contributed by atoms with Gasteiger partial charge in [0.2, 0.25) is 0 Å². The highest BCUT2D eigenvalue weighted by molar-refractivity contribution is 5.63. The van der Waals surface area contributed by atoms with Crippen molar-refractivity contribution in [2.24, 2.45) is 11.8 Å². The first kappa shape index (κ1) is 20.3. The Labute approximate surface area is 167 Å². The summed E-state index contributed by atoms with van der Waals surface area (Å²) < 4.78 is 42.5. The van der Waals surface area contributed by atoms with Gasteiger partial charge in [-0.05, 0) is 61.0 Å². The normalized spacial score (nSPS) is 25.6. The second-order valence-electron chi connectivity index (χ2n) is 8.40. The molecule has 1 aromatic carbocycles. The Kier molecular flexibility index (Phi) is 5.61. The third-order valence-corrected chi connectivity index (χ3v) is 6.09. The van der Waals surface area contributed by atoms with Crippen molar-refractivity contribution in [2.45, 2.75) is 32.3 Å². The quantitative estimate of drug-likeness (QED) is 0.739. The van der Waals surface area contributed by atoms with Gasteiger partial charge in [0.25, 0.3) is 0 Å². The first-order valence-electron chi connectivity index (χ1n) is 10.0. The summed E-state index contributed by atoms with van der Waals surface area (Å²) in [4.78, 5) is 16.8. The van der Waals surface area contributed by atoms with Gasteiger partial charge in [-0.15, -0.1) is 13.2 Å². The summed E-state index contributed by atoms with van der Waals surface area (Å²) in [5, 5.41) is 11.0. The fraction of sp³-hybridized carbons (Fsp3) is 0.650. The summed E-state index contributed by atoms with van der Waals surface area (Å²) in [5.74, 6) is 0.338. The summed E-state index contributed by atoms with van der Waals surface area (Å²) in [6.45, 7) is 5.49. The Morgan fingerprint density at radius 3 is 2.03 bits per heavy atom. The van der Waals surface area contributed by atoms with E-state index in [0.29, 0.717) is 26.2 Å². The maximum absolute atomic E-state index is 12.8. The van der Waals surface area contributed by atoms with Gasteiger partial charge in [0.15, 0.2) is 0 Å². The lowest BCUT2D eigenvalue weighted by atomic mass is 10.0. The van der Waals surface area contributed by atoms with Crippen molar-refractivity contribution < 1.29 is 27.8 Å². The Hall–Kier alpha value is -2.00. The number of hydrogen-bond acceptors (Lipinski definition) is 5. The van der Waals surface area contributed by atoms with Crippen LogP contribution in [0.5, 0.6) is 5.75 Å². The standard InChI is InChI=1S/C20H26F3N3O3/c21-20(22,23)29-18-6-14(8-24-3-1-2-4-24)5-15(7-18)9-25-10-16-12-26(19(27)28)13-17(16)11-25/h5-7,16-17H,1-4,8-13H2,(H,27,28)/p-1. The molecule has 3 aliphatic heterocycles. The lowest BCUT2D eigenvalue weighted by Gasteiger charge is -2.23. The molecule has 29 heavy (non-hydrogen) atoms. The molecule has 1 amide bonds. The number of carbonyl (C=O) groups excluding carboxylic acids is 1. The molecular formula is C20H25F3N3O3-. The van der Waals surface area contributed by atoms with Crippen molar-refractivity contribution in [3.05, 3.63) is 29.3 Å². The van der Waals surface area contributed by atoms with Crippen molar-refractivity contribution >= 4 is 6.09 Å². The lowest BCUT2D eigenvalue weighted by molar-refractivity contribution is -0.274. The SMILES string of the molecule is O=C([O-])N1CC2CN(Cc3cc(CN4CCCC4)cc(OC(F)(F)F)c3)CC2C1. The van der Waals surface area contributed by atoms with Crippen molar-refractivity contribution in [3.63, 3.8) is 0 Å². The van der Waals surface area contributed by atoms with E-state index in [4.69, 9.17) is 0 Å². The summed E-state index contributed by atoms with van der Waals surface area (Å²) in [5.41, 5.74) is 1.61. The molecule has 1 aromatic rings. The zero-order valence-electron chi connectivity index (χ0n) is 16.2. The van der Waals surface area contributed by atoms with Gasteiger partial charge < -0.3 is 19.5 Å². The van der Waals surface area contributed by atoms with Crippen molar-refractivity contribution in [1.82, 2.24) is 14.7 Å². The minimum absolute atomic E-state index is 0.174. The van der Waals surface area contributed by atoms with Crippen LogP contribution >= 0.6 is 0 Å². The topological polar surface area (TPSA) is 59.1 Å². The Morgan fingerprint density at radius 2 is 1.52 bits per heavy atom. The van der Waals surface area contributed by atoms with E-state index in [1.165, 1.54) is 17.0 Å². The van der Waals surface area contributed by atoms with E-state index in [1.807, 2.05) is 6.07 Å². The fourth-order valence-corrected chi connectivity index (χ4v) is 4.93. The number of nitrogens with zero attached hydrogens (tertiary/aromatic N) is 3. The number of carbonyl (C=O) groups is 1. The van der Waals surface area contributed by atoms with Crippen molar-refractivity contribution in [1.29, 1.82) is 0 Å². The molecule has 4 rings (SSSR count).